The smallest absolute Gasteiger partial charge is 0.135 e. The van der Waals surface area contributed by atoms with Crippen molar-refractivity contribution >= 4 is 10.9 Å². The Morgan fingerprint density at radius 1 is 1.00 bits per heavy atom. The first-order chi connectivity index (χ1) is 15.0. The molecule has 0 saturated carbocycles. The molecule has 4 heterocycles. The van der Waals surface area contributed by atoms with E-state index in [0.717, 1.165) is 16.6 Å². The summed E-state index contributed by atoms with van der Waals surface area (Å²) >= 11 is 0. The van der Waals surface area contributed by atoms with Crippen LogP contribution in [-0.2, 0) is 26.9 Å². The largest absolute Gasteiger partial charge is 0.276 e. The molecule has 156 valence electrons. The molecule has 1 aromatic carbocycles. The highest BCUT2D eigenvalue weighted by Crippen LogP contribution is 2.31. The number of rotatable bonds is 5. The first kappa shape index (κ1) is 19.1. The summed E-state index contributed by atoms with van der Waals surface area (Å²) in [6.45, 7) is 0. The molecule has 0 aliphatic heterocycles. The van der Waals surface area contributed by atoms with Crippen LogP contribution in [0.25, 0.3) is 33.4 Å². The quantitative estimate of drug-likeness (QED) is 0.470. The number of fused-ring (bicyclic) bond motifs is 1. The average Bonchev–Trinajstić information content (AvgIpc) is 3.45. The second-order valence-corrected chi connectivity index (χ2v) is 7.51. The number of nitrogens with zero attached hydrogens (tertiary/aromatic N) is 6. The van der Waals surface area contributed by atoms with E-state index >= 15 is 0 Å². The predicted octanol–water partition coefficient (Wildman–Crippen LogP) is 3.82. The Kier molecular flexibility index (Phi) is 4.58. The summed E-state index contributed by atoms with van der Waals surface area (Å²) in [5.74, 6) is -1.29. The van der Waals surface area contributed by atoms with Gasteiger partial charge in [0.15, 0.2) is 0 Å². The predicted molar refractivity (Wildman–Crippen MR) is 112 cm³/mol. The number of pyridine rings is 1. The standard InChI is InChI=1S/C22H19F2N7/c1-30-6-5-15(29-30)4-3-13-7-17(23)21(18(24)8-13)19-9-16-20(11-25-19)27-28-22(16)14-10-26-31(2)12-14/h5-12H,3-4H2,1-2H3,(H,27,28). The third-order valence-electron chi connectivity index (χ3n) is 5.22. The second-order valence-electron chi connectivity index (χ2n) is 7.51. The van der Waals surface area contributed by atoms with E-state index in [4.69, 9.17) is 0 Å². The van der Waals surface area contributed by atoms with Gasteiger partial charge in [-0.3, -0.25) is 19.4 Å². The molecular weight excluding hydrogens is 400 g/mol. The Hall–Kier alpha value is -3.88. The van der Waals surface area contributed by atoms with E-state index in [1.54, 1.807) is 21.6 Å². The van der Waals surface area contributed by atoms with E-state index in [1.807, 2.05) is 32.6 Å². The SMILES string of the molecule is Cn1cc(-c2n[nH]c3cnc(-c4c(F)cc(CCc5ccn(C)n5)cc4F)cc23)cn1. The van der Waals surface area contributed by atoms with E-state index in [1.165, 1.54) is 18.3 Å². The molecule has 7 nitrogen and oxygen atoms in total. The number of halogens is 2. The van der Waals surface area contributed by atoms with Crippen LogP contribution in [0, 0.1) is 11.6 Å². The minimum Gasteiger partial charge on any atom is -0.276 e. The lowest BCUT2D eigenvalue weighted by Gasteiger charge is -2.08. The van der Waals surface area contributed by atoms with Crippen molar-refractivity contribution in [3.63, 3.8) is 0 Å². The van der Waals surface area contributed by atoms with Crippen molar-refractivity contribution in [2.75, 3.05) is 0 Å². The number of aryl methyl sites for hydroxylation is 4. The van der Waals surface area contributed by atoms with Gasteiger partial charge in [0, 0.05) is 37.4 Å². The van der Waals surface area contributed by atoms with Crippen molar-refractivity contribution in [1.82, 2.24) is 34.7 Å². The van der Waals surface area contributed by atoms with Gasteiger partial charge in [-0.25, -0.2) is 8.78 Å². The Morgan fingerprint density at radius 3 is 2.48 bits per heavy atom. The summed E-state index contributed by atoms with van der Waals surface area (Å²) in [4.78, 5) is 4.25. The summed E-state index contributed by atoms with van der Waals surface area (Å²) in [5, 5.41) is 16.4. The third-order valence-corrected chi connectivity index (χ3v) is 5.22. The van der Waals surface area contributed by atoms with Gasteiger partial charge in [-0.2, -0.15) is 15.3 Å². The van der Waals surface area contributed by atoms with E-state index in [0.29, 0.717) is 29.6 Å². The molecule has 0 aliphatic rings. The molecule has 4 aromatic heterocycles. The lowest BCUT2D eigenvalue weighted by atomic mass is 10.0. The highest BCUT2D eigenvalue weighted by atomic mass is 19.1. The zero-order chi connectivity index (χ0) is 21.5. The zero-order valence-electron chi connectivity index (χ0n) is 17.0. The molecule has 1 N–H and O–H groups in total. The molecule has 0 radical (unpaired) electrons. The van der Waals surface area contributed by atoms with Crippen LogP contribution in [0.4, 0.5) is 8.78 Å². The molecule has 0 aliphatic carbocycles. The van der Waals surface area contributed by atoms with E-state index in [2.05, 4.69) is 25.4 Å². The number of benzene rings is 1. The van der Waals surface area contributed by atoms with Crippen molar-refractivity contribution in [3.05, 3.63) is 71.9 Å². The molecule has 5 rings (SSSR count). The monoisotopic (exact) mass is 419 g/mol. The number of hydrogen-bond donors (Lipinski definition) is 1. The summed E-state index contributed by atoms with van der Waals surface area (Å²) in [6, 6.07) is 6.27. The molecule has 9 heteroatoms. The Morgan fingerprint density at radius 2 is 1.81 bits per heavy atom. The number of hydrogen-bond acceptors (Lipinski definition) is 4. The fourth-order valence-corrected chi connectivity index (χ4v) is 3.70. The lowest BCUT2D eigenvalue weighted by Crippen LogP contribution is -1.99. The molecule has 0 spiro atoms. The minimum atomic E-state index is -0.644. The van der Waals surface area contributed by atoms with Crippen LogP contribution in [0.1, 0.15) is 11.3 Å². The van der Waals surface area contributed by atoms with Gasteiger partial charge in [-0.15, -0.1) is 0 Å². The van der Waals surface area contributed by atoms with Crippen molar-refractivity contribution in [1.29, 1.82) is 0 Å². The average molecular weight is 419 g/mol. The first-order valence-corrected chi connectivity index (χ1v) is 9.78. The van der Waals surface area contributed by atoms with E-state index in [9.17, 15) is 8.78 Å². The fourth-order valence-electron chi connectivity index (χ4n) is 3.70. The van der Waals surface area contributed by atoms with Crippen LogP contribution in [0.2, 0.25) is 0 Å². The van der Waals surface area contributed by atoms with Crippen LogP contribution >= 0.6 is 0 Å². The van der Waals surface area contributed by atoms with Crippen molar-refractivity contribution in [2.24, 2.45) is 14.1 Å². The Balaban J connectivity index is 1.49. The lowest BCUT2D eigenvalue weighted by molar-refractivity contribution is 0.584. The molecule has 0 unspecified atom stereocenters. The van der Waals surface area contributed by atoms with Gasteiger partial charge in [0.05, 0.1) is 34.9 Å². The molecule has 0 atom stereocenters. The summed E-state index contributed by atoms with van der Waals surface area (Å²) < 4.78 is 33.3. The molecule has 0 bridgehead atoms. The van der Waals surface area contributed by atoms with Crippen molar-refractivity contribution in [3.8, 4) is 22.5 Å². The first-order valence-electron chi connectivity index (χ1n) is 9.78. The summed E-state index contributed by atoms with van der Waals surface area (Å²) in [6.07, 6.45) is 7.99. The zero-order valence-corrected chi connectivity index (χ0v) is 17.0. The number of nitrogens with one attached hydrogen (secondary N) is 1. The highest BCUT2D eigenvalue weighted by Gasteiger charge is 2.18. The van der Waals surface area contributed by atoms with Gasteiger partial charge in [0.25, 0.3) is 0 Å². The van der Waals surface area contributed by atoms with Gasteiger partial charge >= 0.3 is 0 Å². The molecule has 5 aromatic rings. The van der Waals surface area contributed by atoms with E-state index < -0.39 is 11.6 Å². The number of H-pyrrole nitrogens is 1. The van der Waals surface area contributed by atoms with Crippen molar-refractivity contribution in [2.45, 2.75) is 12.8 Å². The van der Waals surface area contributed by atoms with E-state index in [-0.39, 0.29) is 11.3 Å². The second kappa shape index (κ2) is 7.42. The summed E-state index contributed by atoms with van der Waals surface area (Å²) in [5.41, 5.74) is 3.64. The number of aromatic amines is 1. The van der Waals surface area contributed by atoms with Crippen LogP contribution in [-0.4, -0.2) is 34.7 Å². The maximum atomic E-state index is 14.9. The maximum Gasteiger partial charge on any atom is 0.135 e. The van der Waals surface area contributed by atoms with Crippen LogP contribution in [0.15, 0.2) is 49.1 Å². The van der Waals surface area contributed by atoms with Gasteiger partial charge in [-0.05, 0) is 42.7 Å². The minimum absolute atomic E-state index is 0.151. The summed E-state index contributed by atoms with van der Waals surface area (Å²) in [7, 11) is 3.65. The molecule has 0 amide bonds. The Bertz CT molecular complexity index is 1370. The Labute approximate surface area is 176 Å². The van der Waals surface area contributed by atoms with Gasteiger partial charge in [0.1, 0.15) is 17.3 Å². The third kappa shape index (κ3) is 3.58. The number of aromatic nitrogens is 7. The van der Waals surface area contributed by atoms with Crippen LogP contribution < -0.4 is 0 Å². The molecule has 0 fully saturated rings. The van der Waals surface area contributed by atoms with Gasteiger partial charge < -0.3 is 0 Å². The van der Waals surface area contributed by atoms with Crippen LogP contribution in [0.5, 0.6) is 0 Å². The molecule has 0 saturated heterocycles. The molecule has 31 heavy (non-hydrogen) atoms. The maximum absolute atomic E-state index is 14.9. The van der Waals surface area contributed by atoms with Crippen LogP contribution in [0.3, 0.4) is 0 Å². The molecular formula is C22H19F2N7. The van der Waals surface area contributed by atoms with Crippen molar-refractivity contribution < 1.29 is 8.78 Å². The van der Waals surface area contributed by atoms with Gasteiger partial charge in [0.2, 0.25) is 0 Å². The normalized spacial score (nSPS) is 11.5. The highest BCUT2D eigenvalue weighted by molar-refractivity contribution is 5.94. The van der Waals surface area contributed by atoms with Gasteiger partial charge in [-0.1, -0.05) is 0 Å². The fraction of sp³-hybridized carbons (Fsp3) is 0.182. The topological polar surface area (TPSA) is 77.2 Å².